The first-order valence-electron chi connectivity index (χ1n) is 7.56. The second kappa shape index (κ2) is 7.88. The Morgan fingerprint density at radius 1 is 1.10 bits per heavy atom. The molecule has 0 heterocycles. The molecular formula is C18H27NO. The fourth-order valence-electron chi connectivity index (χ4n) is 2.19. The first kappa shape index (κ1) is 16.5. The smallest absolute Gasteiger partial charge is 0.247 e. The number of hydrogen-bond acceptors (Lipinski definition) is 1. The summed E-state index contributed by atoms with van der Waals surface area (Å²) in [6.45, 7) is 10.5. The zero-order valence-electron chi connectivity index (χ0n) is 13.4. The maximum atomic E-state index is 12.4. The Morgan fingerprint density at radius 2 is 1.60 bits per heavy atom. The van der Waals surface area contributed by atoms with E-state index in [9.17, 15) is 4.79 Å². The number of rotatable bonds is 6. The molecule has 0 aliphatic rings. The van der Waals surface area contributed by atoms with Crippen LogP contribution >= 0.6 is 0 Å². The molecule has 0 N–H and O–H groups in total. The summed E-state index contributed by atoms with van der Waals surface area (Å²) in [5.74, 6) is 0.106. The first-order valence-corrected chi connectivity index (χ1v) is 7.56. The van der Waals surface area contributed by atoms with Crippen molar-refractivity contribution in [2.75, 3.05) is 0 Å². The molecule has 0 saturated carbocycles. The van der Waals surface area contributed by atoms with Crippen LogP contribution in [0.3, 0.4) is 0 Å². The maximum Gasteiger partial charge on any atom is 0.247 e. The van der Waals surface area contributed by atoms with Crippen molar-refractivity contribution in [1.29, 1.82) is 0 Å². The summed E-state index contributed by atoms with van der Waals surface area (Å²) < 4.78 is 0. The third-order valence-corrected chi connectivity index (χ3v) is 3.88. The molecule has 20 heavy (non-hydrogen) atoms. The highest BCUT2D eigenvalue weighted by Crippen LogP contribution is 2.13. The minimum absolute atomic E-state index is 0.106. The standard InChI is InChI=1S/C18H27NO/c1-6-15(4)19(16(5)7-2)18(20)13-12-17-10-8-14(3)9-11-17/h8-13,15-16H,6-7H2,1-5H3/b13-12+. The number of nitrogens with zero attached hydrogens (tertiary/aromatic N) is 1. The minimum atomic E-state index is 0.106. The van der Waals surface area contributed by atoms with Crippen molar-refractivity contribution in [2.45, 2.75) is 59.5 Å². The summed E-state index contributed by atoms with van der Waals surface area (Å²) in [6.07, 6.45) is 5.56. The van der Waals surface area contributed by atoms with Crippen molar-refractivity contribution in [2.24, 2.45) is 0 Å². The topological polar surface area (TPSA) is 20.3 Å². The monoisotopic (exact) mass is 273 g/mol. The van der Waals surface area contributed by atoms with Crippen LogP contribution in [0, 0.1) is 6.92 Å². The summed E-state index contributed by atoms with van der Waals surface area (Å²) in [5.41, 5.74) is 2.30. The van der Waals surface area contributed by atoms with Crippen molar-refractivity contribution in [1.82, 2.24) is 4.90 Å². The molecule has 1 amide bonds. The summed E-state index contributed by atoms with van der Waals surface area (Å²) in [6, 6.07) is 8.75. The number of aryl methyl sites for hydroxylation is 1. The van der Waals surface area contributed by atoms with Gasteiger partial charge in [-0.15, -0.1) is 0 Å². The van der Waals surface area contributed by atoms with Gasteiger partial charge in [-0.1, -0.05) is 43.7 Å². The summed E-state index contributed by atoms with van der Waals surface area (Å²) in [5, 5.41) is 0. The maximum absolute atomic E-state index is 12.4. The van der Waals surface area contributed by atoms with Crippen molar-refractivity contribution in [3.63, 3.8) is 0 Å². The van der Waals surface area contributed by atoms with Gasteiger partial charge in [-0.2, -0.15) is 0 Å². The molecule has 0 bridgehead atoms. The van der Waals surface area contributed by atoms with Gasteiger partial charge in [0.1, 0.15) is 0 Å². The number of hydrogen-bond donors (Lipinski definition) is 0. The van der Waals surface area contributed by atoms with Gasteiger partial charge in [0.05, 0.1) is 0 Å². The van der Waals surface area contributed by atoms with Gasteiger partial charge < -0.3 is 4.90 Å². The van der Waals surface area contributed by atoms with Gasteiger partial charge >= 0.3 is 0 Å². The molecule has 2 nitrogen and oxygen atoms in total. The predicted octanol–water partition coefficient (Wildman–Crippen LogP) is 4.43. The van der Waals surface area contributed by atoms with Crippen LogP contribution in [0.25, 0.3) is 6.08 Å². The van der Waals surface area contributed by atoms with E-state index in [1.807, 2.05) is 23.1 Å². The largest absolute Gasteiger partial charge is 0.334 e. The Morgan fingerprint density at radius 3 is 2.05 bits per heavy atom. The van der Waals surface area contributed by atoms with E-state index in [0.717, 1.165) is 18.4 Å². The summed E-state index contributed by atoms with van der Waals surface area (Å²) in [7, 11) is 0. The van der Waals surface area contributed by atoms with Gasteiger partial charge in [-0.25, -0.2) is 0 Å². The lowest BCUT2D eigenvalue weighted by atomic mass is 10.1. The highest BCUT2D eigenvalue weighted by Gasteiger charge is 2.21. The first-order chi connectivity index (χ1) is 9.49. The zero-order chi connectivity index (χ0) is 15.1. The number of carbonyl (C=O) groups is 1. The molecule has 0 saturated heterocycles. The lowest BCUT2D eigenvalue weighted by Crippen LogP contribution is -2.43. The SMILES string of the molecule is CCC(C)N(C(=O)/C=C/c1ccc(C)cc1)C(C)CC. The molecule has 0 aliphatic heterocycles. The van der Waals surface area contributed by atoms with E-state index in [-0.39, 0.29) is 18.0 Å². The van der Waals surface area contributed by atoms with Crippen LogP contribution in [-0.4, -0.2) is 22.9 Å². The molecule has 0 fully saturated rings. The normalized spacial score (nSPS) is 14.2. The van der Waals surface area contributed by atoms with Gasteiger partial charge in [-0.05, 0) is 45.3 Å². The Kier molecular flexibility index (Phi) is 6.50. The summed E-state index contributed by atoms with van der Waals surface area (Å²) in [4.78, 5) is 14.4. The molecule has 0 aliphatic carbocycles. The van der Waals surface area contributed by atoms with Crippen molar-refractivity contribution in [3.05, 3.63) is 41.5 Å². The molecule has 1 aromatic rings. The van der Waals surface area contributed by atoms with E-state index >= 15 is 0 Å². The predicted molar refractivity (Wildman–Crippen MR) is 86.6 cm³/mol. The highest BCUT2D eigenvalue weighted by atomic mass is 16.2. The molecular weight excluding hydrogens is 246 g/mol. The second-order valence-corrected chi connectivity index (χ2v) is 5.50. The molecule has 2 unspecified atom stereocenters. The molecule has 0 spiro atoms. The lowest BCUT2D eigenvalue weighted by Gasteiger charge is -2.33. The van der Waals surface area contributed by atoms with Crippen LogP contribution in [0.5, 0.6) is 0 Å². The van der Waals surface area contributed by atoms with E-state index in [0.29, 0.717) is 0 Å². The van der Waals surface area contributed by atoms with Crippen LogP contribution in [0.2, 0.25) is 0 Å². The summed E-state index contributed by atoms with van der Waals surface area (Å²) >= 11 is 0. The molecule has 2 heteroatoms. The van der Waals surface area contributed by atoms with Gasteiger partial charge in [0.25, 0.3) is 0 Å². The average Bonchev–Trinajstić information content (AvgIpc) is 2.46. The number of carbonyl (C=O) groups excluding carboxylic acids is 1. The van der Waals surface area contributed by atoms with Crippen molar-refractivity contribution < 1.29 is 4.79 Å². The van der Waals surface area contributed by atoms with Gasteiger partial charge in [-0.3, -0.25) is 4.79 Å². The fraction of sp³-hybridized carbons (Fsp3) is 0.500. The Labute approximate surface area is 123 Å². The quantitative estimate of drug-likeness (QED) is 0.702. The van der Waals surface area contributed by atoms with Crippen LogP contribution in [0.15, 0.2) is 30.3 Å². The van der Waals surface area contributed by atoms with E-state index in [1.54, 1.807) is 6.08 Å². The zero-order valence-corrected chi connectivity index (χ0v) is 13.4. The van der Waals surface area contributed by atoms with Gasteiger partial charge in [0.15, 0.2) is 0 Å². The van der Waals surface area contributed by atoms with E-state index in [4.69, 9.17) is 0 Å². The van der Waals surface area contributed by atoms with E-state index in [1.165, 1.54) is 5.56 Å². The minimum Gasteiger partial charge on any atom is -0.334 e. The van der Waals surface area contributed by atoms with Crippen molar-refractivity contribution in [3.8, 4) is 0 Å². The van der Waals surface area contributed by atoms with Gasteiger partial charge in [0.2, 0.25) is 5.91 Å². The second-order valence-electron chi connectivity index (χ2n) is 5.50. The Bertz CT molecular complexity index is 437. The van der Waals surface area contributed by atoms with Gasteiger partial charge in [0, 0.05) is 18.2 Å². The molecule has 110 valence electrons. The fourth-order valence-corrected chi connectivity index (χ4v) is 2.19. The third kappa shape index (κ3) is 4.52. The van der Waals surface area contributed by atoms with E-state index in [2.05, 4.69) is 46.8 Å². The molecule has 0 aromatic heterocycles. The average molecular weight is 273 g/mol. The lowest BCUT2D eigenvalue weighted by molar-refractivity contribution is -0.130. The Balaban J connectivity index is 2.82. The van der Waals surface area contributed by atoms with Crippen LogP contribution in [0.1, 0.15) is 51.7 Å². The molecule has 2 atom stereocenters. The number of amides is 1. The molecule has 1 aromatic carbocycles. The highest BCUT2D eigenvalue weighted by molar-refractivity contribution is 5.92. The van der Waals surface area contributed by atoms with Crippen LogP contribution < -0.4 is 0 Å². The van der Waals surface area contributed by atoms with Crippen LogP contribution in [0.4, 0.5) is 0 Å². The molecule has 1 rings (SSSR count). The van der Waals surface area contributed by atoms with Crippen molar-refractivity contribution >= 4 is 12.0 Å². The number of benzene rings is 1. The molecule has 0 radical (unpaired) electrons. The Hall–Kier alpha value is -1.57. The van der Waals surface area contributed by atoms with E-state index < -0.39 is 0 Å². The third-order valence-electron chi connectivity index (χ3n) is 3.88. The van der Waals surface area contributed by atoms with Crippen LogP contribution in [-0.2, 0) is 4.79 Å².